The summed E-state index contributed by atoms with van der Waals surface area (Å²) in [5.41, 5.74) is -0.185. The molecule has 0 unspecified atom stereocenters. The number of aromatic nitrogens is 2. The van der Waals surface area contributed by atoms with Crippen LogP contribution in [0.1, 0.15) is 57.2 Å². The van der Waals surface area contributed by atoms with Gasteiger partial charge in [-0.05, 0) is 25.8 Å². The van der Waals surface area contributed by atoms with E-state index in [4.69, 9.17) is 9.52 Å². The molecule has 26 heavy (non-hydrogen) atoms. The summed E-state index contributed by atoms with van der Waals surface area (Å²) in [6.45, 7) is 6.65. The van der Waals surface area contributed by atoms with Crippen LogP contribution in [0.4, 0.5) is 0 Å². The topological polar surface area (TPSA) is 103 Å². The number of fused-ring (bicyclic) bond motifs is 1. The summed E-state index contributed by atoms with van der Waals surface area (Å²) in [6, 6.07) is 0.0621. The highest BCUT2D eigenvalue weighted by Crippen LogP contribution is 2.42. The summed E-state index contributed by atoms with van der Waals surface area (Å²) in [6.07, 6.45) is 2.91. The molecule has 1 amide bonds. The highest BCUT2D eigenvalue weighted by atomic mass is 16.4. The largest absolute Gasteiger partial charge is 0.424 e. The van der Waals surface area contributed by atoms with E-state index in [1.165, 1.54) is 0 Å². The van der Waals surface area contributed by atoms with E-state index >= 15 is 0 Å². The second kappa shape index (κ2) is 8.02. The van der Waals surface area contributed by atoms with E-state index in [9.17, 15) is 9.90 Å². The summed E-state index contributed by atoms with van der Waals surface area (Å²) < 4.78 is 5.77. The van der Waals surface area contributed by atoms with Crippen LogP contribution >= 0.6 is 0 Å². The van der Waals surface area contributed by atoms with Crippen LogP contribution < -0.4 is 0 Å². The maximum Gasteiger partial charge on any atom is 0.230 e. The Morgan fingerprint density at radius 3 is 2.77 bits per heavy atom. The lowest BCUT2D eigenvalue weighted by Gasteiger charge is -2.54. The van der Waals surface area contributed by atoms with Crippen LogP contribution in [0.3, 0.4) is 0 Å². The van der Waals surface area contributed by atoms with Gasteiger partial charge in [-0.15, -0.1) is 10.2 Å². The van der Waals surface area contributed by atoms with E-state index in [1.807, 2.05) is 18.7 Å². The third kappa shape index (κ3) is 3.77. The average Bonchev–Trinajstić information content (AvgIpc) is 3.10. The number of hydrogen-bond acceptors (Lipinski definition) is 7. The molecule has 0 aromatic carbocycles. The number of aliphatic hydroxyl groups excluding tert-OH is 2. The van der Waals surface area contributed by atoms with E-state index < -0.39 is 0 Å². The number of carbonyl (C=O) groups excluding carboxylic acids is 1. The van der Waals surface area contributed by atoms with E-state index in [0.717, 1.165) is 25.8 Å². The summed E-state index contributed by atoms with van der Waals surface area (Å²) in [4.78, 5) is 16.3. The van der Waals surface area contributed by atoms with Crippen molar-refractivity contribution >= 4 is 5.91 Å². The molecule has 0 spiro atoms. The molecule has 0 saturated carbocycles. The molecule has 8 nitrogen and oxygen atoms in total. The Morgan fingerprint density at radius 2 is 2.12 bits per heavy atom. The van der Waals surface area contributed by atoms with Crippen molar-refractivity contribution in [1.82, 2.24) is 20.0 Å². The Hall–Kier alpha value is -1.51. The minimum atomic E-state index is -0.185. The molecule has 146 valence electrons. The van der Waals surface area contributed by atoms with Crippen LogP contribution in [-0.2, 0) is 11.3 Å². The molecule has 0 radical (unpaired) electrons. The normalized spacial score (nSPS) is 27.0. The number of nitrogens with zero attached hydrogens (tertiary/aromatic N) is 4. The van der Waals surface area contributed by atoms with Gasteiger partial charge in [-0.1, -0.05) is 13.8 Å². The van der Waals surface area contributed by atoms with E-state index in [2.05, 4.69) is 15.1 Å². The number of aliphatic hydroxyl groups is 2. The molecule has 2 atom stereocenters. The number of carbonyl (C=O) groups is 1. The molecule has 3 rings (SSSR count). The molecular weight excluding hydrogens is 336 g/mol. The Balaban J connectivity index is 1.76. The Morgan fingerprint density at radius 1 is 1.31 bits per heavy atom. The third-order valence-corrected chi connectivity index (χ3v) is 5.85. The molecule has 2 saturated heterocycles. The second-order valence-electron chi connectivity index (χ2n) is 7.86. The summed E-state index contributed by atoms with van der Waals surface area (Å²) in [5.74, 6) is 1.38. The van der Waals surface area contributed by atoms with Crippen LogP contribution in [0.25, 0.3) is 0 Å². The van der Waals surface area contributed by atoms with E-state index in [-0.39, 0.29) is 42.9 Å². The summed E-state index contributed by atoms with van der Waals surface area (Å²) in [5, 5.41) is 27.5. The first-order chi connectivity index (χ1) is 12.5. The van der Waals surface area contributed by atoms with Gasteiger partial charge in [0.1, 0.15) is 0 Å². The quantitative estimate of drug-likeness (QED) is 0.766. The van der Waals surface area contributed by atoms with Gasteiger partial charge in [-0.25, -0.2) is 0 Å². The fourth-order valence-electron chi connectivity index (χ4n) is 4.27. The molecule has 8 heteroatoms. The van der Waals surface area contributed by atoms with Crippen molar-refractivity contribution in [3.05, 3.63) is 11.8 Å². The van der Waals surface area contributed by atoms with Crippen LogP contribution in [0.15, 0.2) is 4.42 Å². The maximum atomic E-state index is 12.3. The standard InChI is InChI=1S/C18H30N4O4/c1-13(2)17-20-19-15(26-17)11-21-7-3-5-18(12-24)6-8-22(10-14(18)21)16(25)4-9-23/h13-14,23-24H,3-12H2,1-2H3/t14-,18-/m1/s1. The highest BCUT2D eigenvalue weighted by Gasteiger charge is 2.48. The predicted octanol–water partition coefficient (Wildman–Crippen LogP) is 0.751. The van der Waals surface area contributed by atoms with Crippen LogP contribution in [0, 0.1) is 5.41 Å². The van der Waals surface area contributed by atoms with E-state index in [1.54, 1.807) is 0 Å². The van der Waals surface area contributed by atoms with Crippen LogP contribution in [-0.4, -0.2) is 75.0 Å². The maximum absolute atomic E-state index is 12.3. The SMILES string of the molecule is CC(C)c1nnc(CN2CCC[C@]3(CO)CCN(C(=O)CCO)C[C@@H]23)o1. The molecule has 2 fully saturated rings. The first kappa shape index (κ1) is 19.3. The van der Waals surface area contributed by atoms with Gasteiger partial charge in [-0.2, -0.15) is 0 Å². The van der Waals surface area contributed by atoms with Gasteiger partial charge < -0.3 is 19.5 Å². The Bertz CT molecular complexity index is 620. The van der Waals surface area contributed by atoms with Crippen LogP contribution in [0.5, 0.6) is 0 Å². The molecular formula is C18H30N4O4. The van der Waals surface area contributed by atoms with Crippen molar-refractivity contribution in [2.24, 2.45) is 5.41 Å². The lowest BCUT2D eigenvalue weighted by molar-refractivity contribution is -0.142. The minimum absolute atomic E-state index is 0.0237. The first-order valence-electron chi connectivity index (χ1n) is 9.55. The van der Waals surface area contributed by atoms with Crippen molar-refractivity contribution in [2.45, 2.75) is 58.0 Å². The molecule has 2 N–H and O–H groups in total. The van der Waals surface area contributed by atoms with Crippen molar-refractivity contribution in [3.63, 3.8) is 0 Å². The molecule has 0 bridgehead atoms. The number of rotatable bonds is 6. The average molecular weight is 366 g/mol. The van der Waals surface area contributed by atoms with E-state index in [0.29, 0.717) is 31.4 Å². The zero-order valence-electron chi connectivity index (χ0n) is 15.7. The monoisotopic (exact) mass is 366 g/mol. The summed E-state index contributed by atoms with van der Waals surface area (Å²) in [7, 11) is 0. The fraction of sp³-hybridized carbons (Fsp3) is 0.833. The van der Waals surface area contributed by atoms with Gasteiger partial charge in [0, 0.05) is 36.9 Å². The van der Waals surface area contributed by atoms with Crippen LogP contribution in [0.2, 0.25) is 0 Å². The molecule has 2 aliphatic rings. The number of hydrogen-bond donors (Lipinski definition) is 2. The third-order valence-electron chi connectivity index (χ3n) is 5.85. The number of likely N-dealkylation sites (tertiary alicyclic amines) is 2. The van der Waals surface area contributed by atoms with Gasteiger partial charge in [0.05, 0.1) is 19.8 Å². The first-order valence-corrected chi connectivity index (χ1v) is 9.55. The zero-order valence-corrected chi connectivity index (χ0v) is 15.7. The Kier molecular flexibility index (Phi) is 5.94. The second-order valence-corrected chi connectivity index (χ2v) is 7.86. The van der Waals surface area contributed by atoms with Gasteiger partial charge in [-0.3, -0.25) is 9.69 Å². The zero-order chi connectivity index (χ0) is 18.7. The predicted molar refractivity (Wildman–Crippen MR) is 94.2 cm³/mol. The summed E-state index contributed by atoms with van der Waals surface area (Å²) >= 11 is 0. The van der Waals surface area contributed by atoms with Gasteiger partial charge in [0.25, 0.3) is 0 Å². The molecule has 3 heterocycles. The minimum Gasteiger partial charge on any atom is -0.424 e. The number of piperidine rings is 2. The molecule has 0 aliphatic carbocycles. The van der Waals surface area contributed by atoms with Crippen molar-refractivity contribution in [1.29, 1.82) is 0 Å². The van der Waals surface area contributed by atoms with Gasteiger partial charge >= 0.3 is 0 Å². The highest BCUT2D eigenvalue weighted by molar-refractivity contribution is 5.76. The molecule has 1 aromatic heterocycles. The van der Waals surface area contributed by atoms with Crippen molar-refractivity contribution < 1.29 is 19.4 Å². The smallest absolute Gasteiger partial charge is 0.230 e. The lowest BCUT2D eigenvalue weighted by Crippen LogP contribution is -2.63. The van der Waals surface area contributed by atoms with Gasteiger partial charge in [0.15, 0.2) is 0 Å². The Labute approximate surface area is 154 Å². The fourth-order valence-corrected chi connectivity index (χ4v) is 4.27. The lowest BCUT2D eigenvalue weighted by atomic mass is 9.69. The van der Waals surface area contributed by atoms with Crippen molar-refractivity contribution in [2.75, 3.05) is 32.8 Å². The molecule has 1 aromatic rings. The van der Waals surface area contributed by atoms with Crippen molar-refractivity contribution in [3.8, 4) is 0 Å². The molecule has 2 aliphatic heterocycles. The number of amides is 1. The van der Waals surface area contributed by atoms with Gasteiger partial charge in [0.2, 0.25) is 17.7 Å².